The molecule has 2 aliphatic rings. The maximum Gasteiger partial charge on any atom is 0.412 e. The molecule has 0 saturated heterocycles. The van der Waals surface area contributed by atoms with Gasteiger partial charge in [-0.1, -0.05) is 36.4 Å². The van der Waals surface area contributed by atoms with E-state index in [0.717, 1.165) is 11.8 Å². The lowest BCUT2D eigenvalue weighted by Crippen LogP contribution is -2.41. The van der Waals surface area contributed by atoms with Crippen molar-refractivity contribution in [2.24, 2.45) is 0 Å². The average molecular weight is 480 g/mol. The Balaban J connectivity index is 1.35. The number of allylic oxidation sites excluding steroid dienone is 2. The normalized spacial score (nSPS) is 17.6. The Hall–Kier alpha value is -3.89. The van der Waals surface area contributed by atoms with Crippen molar-refractivity contribution in [3.8, 4) is 5.75 Å². The summed E-state index contributed by atoms with van der Waals surface area (Å²) >= 11 is 1.11. The number of ketones is 2. The summed E-state index contributed by atoms with van der Waals surface area (Å²) in [6.07, 6.45) is 0.569. The largest absolute Gasteiger partial charge is 0.412 e. The van der Waals surface area contributed by atoms with Gasteiger partial charge in [-0.3, -0.25) is 14.4 Å². The zero-order valence-electron chi connectivity index (χ0n) is 18.1. The summed E-state index contributed by atoms with van der Waals surface area (Å²) in [6.45, 7) is 0.204. The fourth-order valence-electron chi connectivity index (χ4n) is 3.42. The molecule has 4 rings (SSSR count). The smallest absolute Gasteiger partial charge is 0.410 e. The van der Waals surface area contributed by atoms with E-state index in [0.29, 0.717) is 17.2 Å². The summed E-state index contributed by atoms with van der Waals surface area (Å²) in [4.78, 5) is 56.1. The van der Waals surface area contributed by atoms with Crippen LogP contribution in [0.2, 0.25) is 0 Å². The molecule has 0 saturated carbocycles. The molecule has 2 aromatic rings. The maximum atomic E-state index is 13.1. The number of rotatable bonds is 7. The van der Waals surface area contributed by atoms with Crippen molar-refractivity contribution in [3.63, 3.8) is 0 Å². The highest BCUT2D eigenvalue weighted by Crippen LogP contribution is 2.35. The van der Waals surface area contributed by atoms with E-state index < -0.39 is 29.6 Å². The van der Waals surface area contributed by atoms with E-state index in [1.165, 1.54) is 18.2 Å². The molecule has 0 spiro atoms. The lowest BCUT2D eigenvalue weighted by molar-refractivity contribution is -0.141. The minimum absolute atomic E-state index is 0.00220. The Bertz CT molecular complexity index is 1180. The Morgan fingerprint density at radius 2 is 1.74 bits per heavy atom. The van der Waals surface area contributed by atoms with Gasteiger partial charge in [-0.15, -0.1) is 16.8 Å². The minimum Gasteiger partial charge on any atom is -0.410 e. The van der Waals surface area contributed by atoms with Crippen molar-refractivity contribution in [1.29, 1.82) is 0 Å². The summed E-state index contributed by atoms with van der Waals surface area (Å²) in [5, 5.41) is 6.52. The molecular formula is C24H21N3O6S. The first-order valence-corrected chi connectivity index (χ1v) is 11.4. The first-order valence-electron chi connectivity index (χ1n) is 10.4. The number of carbonyl (C=O) groups excluding carboxylic acids is 4. The van der Waals surface area contributed by atoms with Gasteiger partial charge in [0.25, 0.3) is 0 Å². The van der Waals surface area contributed by atoms with Crippen molar-refractivity contribution >= 4 is 41.0 Å². The van der Waals surface area contributed by atoms with E-state index in [4.69, 9.17) is 9.57 Å². The van der Waals surface area contributed by atoms with E-state index in [-0.39, 0.29) is 22.8 Å². The van der Waals surface area contributed by atoms with E-state index in [1.54, 1.807) is 48.5 Å². The van der Waals surface area contributed by atoms with Crippen LogP contribution in [-0.2, 0) is 19.2 Å². The highest BCUT2D eigenvalue weighted by Gasteiger charge is 2.46. The highest BCUT2D eigenvalue weighted by molar-refractivity contribution is 8.04. The lowest BCUT2D eigenvalue weighted by atomic mass is 9.95. The summed E-state index contributed by atoms with van der Waals surface area (Å²) in [5.74, 6) is -0.854. The topological polar surface area (TPSA) is 114 Å². The number of carbonyl (C=O) groups is 4. The van der Waals surface area contributed by atoms with Gasteiger partial charge in [0.15, 0.2) is 6.04 Å². The number of hydrogen-bond acceptors (Lipinski definition) is 8. The molecule has 1 aliphatic heterocycles. The van der Waals surface area contributed by atoms with Crippen LogP contribution < -0.4 is 15.4 Å². The average Bonchev–Trinajstić information content (AvgIpc) is 3.19. The number of para-hydroxylation sites is 2. The number of hydroxylamine groups is 2. The molecule has 1 atom stereocenters. The van der Waals surface area contributed by atoms with Gasteiger partial charge in [-0.25, -0.2) is 4.79 Å². The molecule has 1 heterocycles. The number of likely N-dealkylation sites (N-methyl/N-ethyl adjacent to an activating group) is 1. The van der Waals surface area contributed by atoms with Gasteiger partial charge in [-0.05, 0) is 24.3 Å². The van der Waals surface area contributed by atoms with Gasteiger partial charge in [0, 0.05) is 31.1 Å². The van der Waals surface area contributed by atoms with Crippen LogP contribution in [0.4, 0.5) is 10.5 Å². The van der Waals surface area contributed by atoms with Crippen molar-refractivity contribution < 1.29 is 28.8 Å². The number of Topliss-reactive ketones (excluding diaryl/α,β-unsaturated/α-hetero) is 1. The van der Waals surface area contributed by atoms with Crippen LogP contribution in [0.1, 0.15) is 0 Å². The third-order valence-corrected chi connectivity index (χ3v) is 5.97. The van der Waals surface area contributed by atoms with E-state index in [9.17, 15) is 19.2 Å². The maximum absolute atomic E-state index is 13.1. The molecule has 2 aromatic carbocycles. The molecule has 174 valence electrons. The molecule has 2 amide bonds. The Morgan fingerprint density at radius 1 is 1.06 bits per heavy atom. The molecule has 10 heteroatoms. The fourth-order valence-corrected chi connectivity index (χ4v) is 4.28. The van der Waals surface area contributed by atoms with Crippen LogP contribution in [0.15, 0.2) is 83.0 Å². The highest BCUT2D eigenvalue weighted by atomic mass is 32.2. The number of benzene rings is 2. The zero-order valence-corrected chi connectivity index (χ0v) is 19.0. The molecule has 0 radical (unpaired) electrons. The zero-order chi connectivity index (χ0) is 24.1. The minimum atomic E-state index is -1.07. The molecule has 1 unspecified atom stereocenters. The number of thioether (sulfide) groups is 1. The molecule has 0 fully saturated rings. The molecule has 34 heavy (non-hydrogen) atoms. The first-order chi connectivity index (χ1) is 16.4. The van der Waals surface area contributed by atoms with Crippen LogP contribution in [-0.4, -0.2) is 54.0 Å². The van der Waals surface area contributed by atoms with Gasteiger partial charge in [-0.2, -0.15) is 0 Å². The summed E-state index contributed by atoms with van der Waals surface area (Å²) in [7, 11) is 1.49. The lowest BCUT2D eigenvalue weighted by Gasteiger charge is -2.19. The second-order valence-electron chi connectivity index (χ2n) is 7.32. The van der Waals surface area contributed by atoms with Gasteiger partial charge >= 0.3 is 6.09 Å². The Labute approximate surface area is 199 Å². The summed E-state index contributed by atoms with van der Waals surface area (Å²) in [5.41, 5.74) is 0.561. The number of ether oxygens (including phenoxy) is 1. The molecule has 0 bridgehead atoms. The number of anilines is 1. The predicted octanol–water partition coefficient (Wildman–Crippen LogP) is 2.68. The van der Waals surface area contributed by atoms with Gasteiger partial charge in [0.2, 0.25) is 23.2 Å². The van der Waals surface area contributed by atoms with Crippen LogP contribution in [0.3, 0.4) is 0 Å². The van der Waals surface area contributed by atoms with Crippen LogP contribution in [0.25, 0.3) is 0 Å². The number of nitrogens with one attached hydrogen (secondary N) is 2. The van der Waals surface area contributed by atoms with Crippen molar-refractivity contribution in [1.82, 2.24) is 10.4 Å². The number of amides is 2. The Kier molecular flexibility index (Phi) is 7.09. The molecule has 0 aromatic heterocycles. The quantitative estimate of drug-likeness (QED) is 0.460. The van der Waals surface area contributed by atoms with Crippen molar-refractivity contribution in [2.45, 2.75) is 6.04 Å². The monoisotopic (exact) mass is 479 g/mol. The third-order valence-electron chi connectivity index (χ3n) is 4.94. The van der Waals surface area contributed by atoms with Crippen LogP contribution in [0.5, 0.6) is 5.75 Å². The second-order valence-corrected chi connectivity index (χ2v) is 8.45. The third kappa shape index (κ3) is 5.19. The van der Waals surface area contributed by atoms with Gasteiger partial charge in [0.1, 0.15) is 5.75 Å². The molecular weight excluding hydrogens is 458 g/mol. The van der Waals surface area contributed by atoms with Crippen LogP contribution in [0, 0.1) is 0 Å². The standard InChI is InChI=1S/C24H21N3O6S/c1-27-20(23(30)26-15-8-4-2-5-9-15)19-21(29)18(14-17(28)22(19)33-27)34-13-12-25-24(31)32-16-10-6-3-7-11-16/h2-11,14,20H,12-13H2,1H3,(H,25,31)(H,26,30). The summed E-state index contributed by atoms with van der Waals surface area (Å²) in [6, 6.07) is 16.3. The van der Waals surface area contributed by atoms with E-state index in [1.807, 2.05) is 12.1 Å². The first kappa shape index (κ1) is 23.3. The van der Waals surface area contributed by atoms with Crippen molar-refractivity contribution in [3.05, 3.63) is 83.0 Å². The molecule has 1 aliphatic carbocycles. The summed E-state index contributed by atoms with van der Waals surface area (Å²) < 4.78 is 5.13. The van der Waals surface area contributed by atoms with E-state index >= 15 is 0 Å². The van der Waals surface area contributed by atoms with Gasteiger partial charge < -0.3 is 20.2 Å². The van der Waals surface area contributed by atoms with Crippen molar-refractivity contribution in [2.75, 3.05) is 24.7 Å². The predicted molar refractivity (Wildman–Crippen MR) is 126 cm³/mol. The number of nitrogens with zero attached hydrogens (tertiary/aromatic N) is 1. The molecule has 9 nitrogen and oxygen atoms in total. The van der Waals surface area contributed by atoms with E-state index in [2.05, 4.69) is 10.6 Å². The Morgan fingerprint density at radius 3 is 2.44 bits per heavy atom. The number of hydrogen-bond donors (Lipinski definition) is 2. The second kappa shape index (κ2) is 10.4. The van der Waals surface area contributed by atoms with Gasteiger partial charge in [0.05, 0.1) is 10.5 Å². The molecule has 2 N–H and O–H groups in total. The fraction of sp³-hybridized carbons (Fsp3) is 0.167. The van der Waals surface area contributed by atoms with Crippen LogP contribution >= 0.6 is 11.8 Å². The SMILES string of the molecule is CN1OC2=C(C(=O)C(SCCNC(=O)Oc3ccccc3)=CC2=O)C1C(=O)Nc1ccccc1.